The predicted octanol–water partition coefficient (Wildman–Crippen LogP) is 1.94. The SMILES string of the molecule is O=C(N[C@H]1CCS(=O)(=O)C1)N[C@H]1CCCCc2ccccc21. The number of nitrogens with one attached hydrogen (secondary N) is 2. The number of hydrogen-bond acceptors (Lipinski definition) is 3. The zero-order valence-corrected chi connectivity index (χ0v) is 13.4. The lowest BCUT2D eigenvalue weighted by atomic mass is 9.99. The standard InChI is InChI=1S/C16H22N2O3S/c19-16(17-13-9-10-22(20,21)11-13)18-15-8-4-2-6-12-5-1-3-7-14(12)15/h1,3,5,7,13,15H,2,4,6,8-11H2,(H2,17,18,19)/t13-,15-/m0/s1. The zero-order valence-electron chi connectivity index (χ0n) is 12.5. The molecule has 2 amide bonds. The fourth-order valence-corrected chi connectivity index (χ4v) is 5.04. The normalized spacial score (nSPS) is 26.7. The van der Waals surface area contributed by atoms with Crippen LogP contribution in [0.3, 0.4) is 0 Å². The summed E-state index contributed by atoms with van der Waals surface area (Å²) in [4.78, 5) is 12.2. The van der Waals surface area contributed by atoms with Crippen molar-refractivity contribution in [1.82, 2.24) is 10.6 Å². The molecule has 1 aromatic rings. The van der Waals surface area contributed by atoms with E-state index in [9.17, 15) is 13.2 Å². The van der Waals surface area contributed by atoms with E-state index in [-0.39, 0.29) is 29.6 Å². The monoisotopic (exact) mass is 322 g/mol. The minimum Gasteiger partial charge on any atom is -0.334 e. The van der Waals surface area contributed by atoms with Crippen molar-refractivity contribution in [2.75, 3.05) is 11.5 Å². The maximum atomic E-state index is 12.2. The van der Waals surface area contributed by atoms with E-state index in [0.717, 1.165) is 25.7 Å². The first-order chi connectivity index (χ1) is 10.5. The van der Waals surface area contributed by atoms with Crippen LogP contribution in [0.15, 0.2) is 24.3 Å². The maximum absolute atomic E-state index is 12.2. The molecule has 0 radical (unpaired) electrons. The van der Waals surface area contributed by atoms with E-state index in [1.807, 2.05) is 12.1 Å². The molecule has 1 aliphatic heterocycles. The Kier molecular flexibility index (Phi) is 4.38. The van der Waals surface area contributed by atoms with E-state index < -0.39 is 9.84 Å². The minimum absolute atomic E-state index is 0.0108. The highest BCUT2D eigenvalue weighted by Gasteiger charge is 2.29. The molecule has 0 unspecified atom stereocenters. The molecule has 120 valence electrons. The molecule has 1 heterocycles. The molecule has 0 aromatic heterocycles. The van der Waals surface area contributed by atoms with Gasteiger partial charge in [-0.25, -0.2) is 13.2 Å². The number of carbonyl (C=O) groups excluding carboxylic acids is 1. The largest absolute Gasteiger partial charge is 0.334 e. The molecule has 2 atom stereocenters. The van der Waals surface area contributed by atoms with Gasteiger partial charge < -0.3 is 10.6 Å². The van der Waals surface area contributed by atoms with Crippen molar-refractivity contribution in [2.24, 2.45) is 0 Å². The lowest BCUT2D eigenvalue weighted by Crippen LogP contribution is -2.44. The lowest BCUT2D eigenvalue weighted by molar-refractivity contribution is 0.233. The Balaban J connectivity index is 1.64. The number of urea groups is 1. The zero-order chi connectivity index (χ0) is 15.6. The van der Waals surface area contributed by atoms with Crippen LogP contribution in [0.1, 0.15) is 42.9 Å². The average molecular weight is 322 g/mol. The van der Waals surface area contributed by atoms with E-state index >= 15 is 0 Å². The third-order valence-corrected chi connectivity index (χ3v) is 6.26. The van der Waals surface area contributed by atoms with Gasteiger partial charge in [0.2, 0.25) is 0 Å². The Morgan fingerprint density at radius 3 is 2.68 bits per heavy atom. The van der Waals surface area contributed by atoms with E-state index in [1.54, 1.807) is 0 Å². The summed E-state index contributed by atoms with van der Waals surface area (Å²) >= 11 is 0. The third-order valence-electron chi connectivity index (χ3n) is 4.49. The molecule has 2 N–H and O–H groups in total. The molecule has 22 heavy (non-hydrogen) atoms. The van der Waals surface area contributed by atoms with Crippen molar-refractivity contribution < 1.29 is 13.2 Å². The third kappa shape index (κ3) is 3.61. The minimum atomic E-state index is -2.97. The van der Waals surface area contributed by atoms with Crippen molar-refractivity contribution in [3.05, 3.63) is 35.4 Å². The quantitative estimate of drug-likeness (QED) is 0.817. The van der Waals surface area contributed by atoms with Crippen molar-refractivity contribution >= 4 is 15.9 Å². The van der Waals surface area contributed by atoms with Crippen LogP contribution < -0.4 is 10.6 Å². The van der Waals surface area contributed by atoms with Crippen LogP contribution >= 0.6 is 0 Å². The molecule has 0 spiro atoms. The maximum Gasteiger partial charge on any atom is 0.315 e. The molecule has 1 aliphatic carbocycles. The number of hydrogen-bond donors (Lipinski definition) is 2. The summed E-state index contributed by atoms with van der Waals surface area (Å²) in [6.45, 7) is 0. The first-order valence-electron chi connectivity index (χ1n) is 7.89. The lowest BCUT2D eigenvalue weighted by Gasteiger charge is -2.21. The predicted molar refractivity (Wildman–Crippen MR) is 85.5 cm³/mol. The number of amides is 2. The summed E-state index contributed by atoms with van der Waals surface area (Å²) in [6, 6.07) is 7.72. The second-order valence-electron chi connectivity index (χ2n) is 6.21. The average Bonchev–Trinajstić information content (AvgIpc) is 2.69. The molecule has 6 heteroatoms. The van der Waals surface area contributed by atoms with Gasteiger partial charge in [-0.05, 0) is 36.8 Å². The van der Waals surface area contributed by atoms with Crippen LogP contribution in [0.25, 0.3) is 0 Å². The molecule has 3 rings (SSSR count). The number of aryl methyl sites for hydroxylation is 1. The second-order valence-corrected chi connectivity index (χ2v) is 8.44. The Bertz CT molecular complexity index is 657. The summed E-state index contributed by atoms with van der Waals surface area (Å²) in [5.41, 5.74) is 2.49. The summed E-state index contributed by atoms with van der Waals surface area (Å²) < 4.78 is 22.9. The van der Waals surface area contributed by atoms with Gasteiger partial charge in [-0.15, -0.1) is 0 Å². The van der Waals surface area contributed by atoms with Crippen molar-refractivity contribution in [3.63, 3.8) is 0 Å². The summed E-state index contributed by atoms with van der Waals surface area (Å²) in [5.74, 6) is 0.228. The van der Waals surface area contributed by atoms with Gasteiger partial charge in [-0.1, -0.05) is 30.7 Å². The van der Waals surface area contributed by atoms with Crippen molar-refractivity contribution in [1.29, 1.82) is 0 Å². The number of rotatable bonds is 2. The van der Waals surface area contributed by atoms with Gasteiger partial charge >= 0.3 is 6.03 Å². The van der Waals surface area contributed by atoms with Gasteiger partial charge in [0, 0.05) is 6.04 Å². The first kappa shape index (κ1) is 15.3. The molecule has 0 saturated carbocycles. The highest BCUT2D eigenvalue weighted by molar-refractivity contribution is 7.91. The van der Waals surface area contributed by atoms with Crippen LogP contribution in [-0.4, -0.2) is 32.0 Å². The highest BCUT2D eigenvalue weighted by atomic mass is 32.2. The molecule has 0 bridgehead atoms. The van der Waals surface area contributed by atoms with E-state index in [0.29, 0.717) is 6.42 Å². The van der Waals surface area contributed by atoms with Crippen LogP contribution in [0.5, 0.6) is 0 Å². The summed E-state index contributed by atoms with van der Waals surface area (Å²) in [6.07, 6.45) is 4.70. The van der Waals surface area contributed by atoms with Crippen LogP contribution in [0, 0.1) is 0 Å². The Morgan fingerprint density at radius 1 is 1.09 bits per heavy atom. The number of fused-ring (bicyclic) bond motifs is 1. The summed E-state index contributed by atoms with van der Waals surface area (Å²) in [7, 11) is -2.97. The first-order valence-corrected chi connectivity index (χ1v) is 9.71. The fourth-order valence-electron chi connectivity index (χ4n) is 3.37. The van der Waals surface area contributed by atoms with Gasteiger partial charge in [-0.2, -0.15) is 0 Å². The summed E-state index contributed by atoms with van der Waals surface area (Å²) in [5, 5.41) is 5.83. The molecule has 2 aliphatic rings. The fraction of sp³-hybridized carbons (Fsp3) is 0.562. The molecule has 1 fully saturated rings. The molecular weight excluding hydrogens is 300 g/mol. The van der Waals surface area contributed by atoms with E-state index in [4.69, 9.17) is 0 Å². The van der Waals surface area contributed by atoms with E-state index in [1.165, 1.54) is 11.1 Å². The Morgan fingerprint density at radius 2 is 1.91 bits per heavy atom. The van der Waals surface area contributed by atoms with Gasteiger partial charge in [-0.3, -0.25) is 0 Å². The van der Waals surface area contributed by atoms with Gasteiger partial charge in [0.1, 0.15) is 0 Å². The number of benzene rings is 1. The van der Waals surface area contributed by atoms with Gasteiger partial charge in [0.25, 0.3) is 0 Å². The second kappa shape index (κ2) is 6.28. The molecular formula is C16H22N2O3S. The Hall–Kier alpha value is -1.56. The molecule has 1 saturated heterocycles. The van der Waals surface area contributed by atoms with Crippen LogP contribution in [-0.2, 0) is 16.3 Å². The van der Waals surface area contributed by atoms with Crippen molar-refractivity contribution in [3.8, 4) is 0 Å². The molecule has 5 nitrogen and oxygen atoms in total. The van der Waals surface area contributed by atoms with Gasteiger partial charge in [0.05, 0.1) is 17.5 Å². The smallest absolute Gasteiger partial charge is 0.315 e. The van der Waals surface area contributed by atoms with Gasteiger partial charge in [0.15, 0.2) is 9.84 Å². The van der Waals surface area contributed by atoms with Crippen LogP contribution in [0.2, 0.25) is 0 Å². The Labute approximate surface area is 131 Å². The van der Waals surface area contributed by atoms with Crippen molar-refractivity contribution in [2.45, 2.75) is 44.2 Å². The number of carbonyl (C=O) groups is 1. The number of sulfone groups is 1. The highest BCUT2D eigenvalue weighted by Crippen LogP contribution is 2.28. The van der Waals surface area contributed by atoms with E-state index in [2.05, 4.69) is 22.8 Å². The van der Waals surface area contributed by atoms with Crippen LogP contribution in [0.4, 0.5) is 4.79 Å². The molecule has 1 aromatic carbocycles. The topological polar surface area (TPSA) is 75.3 Å².